The number of nitrogen functional groups attached to an aromatic ring is 1. The molecule has 0 aliphatic carbocycles. The molecular weight excluding hydrogens is 255 g/mol. The van der Waals surface area contributed by atoms with Gasteiger partial charge in [0, 0.05) is 24.3 Å². The number of benzene rings is 1. The lowest BCUT2D eigenvalue weighted by molar-refractivity contribution is -0.179. The summed E-state index contributed by atoms with van der Waals surface area (Å²) in [6.07, 6.45) is -3.81. The second-order valence-electron chi connectivity index (χ2n) is 4.76. The number of alkyl halides is 3. The van der Waals surface area contributed by atoms with Crippen LogP contribution in [0.15, 0.2) is 24.3 Å². The van der Waals surface area contributed by atoms with Gasteiger partial charge in [-0.05, 0) is 37.1 Å². The Balaban J connectivity index is 2.00. The number of rotatable bonds is 2. The van der Waals surface area contributed by atoms with Gasteiger partial charge >= 0.3 is 6.18 Å². The Hall–Kier alpha value is -1.72. The van der Waals surface area contributed by atoms with Gasteiger partial charge in [0.15, 0.2) is 0 Å². The van der Waals surface area contributed by atoms with Crippen molar-refractivity contribution in [3.05, 3.63) is 29.8 Å². The highest BCUT2D eigenvalue weighted by molar-refractivity contribution is 5.95. The highest BCUT2D eigenvalue weighted by atomic mass is 19.4. The monoisotopic (exact) mass is 271 g/mol. The van der Waals surface area contributed by atoms with E-state index in [-0.39, 0.29) is 18.7 Å². The molecule has 0 radical (unpaired) electrons. The van der Waals surface area contributed by atoms with Crippen molar-refractivity contribution in [2.75, 3.05) is 18.0 Å². The summed E-state index contributed by atoms with van der Waals surface area (Å²) in [6.45, 7) is 0.813. The van der Waals surface area contributed by atoms with Gasteiger partial charge in [-0.2, -0.15) is 13.2 Å². The molecule has 1 heterocycles. The van der Waals surface area contributed by atoms with Crippen LogP contribution in [0.2, 0.25) is 0 Å². The van der Waals surface area contributed by atoms with E-state index in [0.717, 1.165) is 5.69 Å². The highest BCUT2D eigenvalue weighted by Crippen LogP contribution is 2.35. The van der Waals surface area contributed by atoms with Gasteiger partial charge in [-0.15, -0.1) is 0 Å². The molecule has 0 amide bonds. The number of amidine groups is 1. The average Bonchev–Trinajstić information content (AvgIpc) is 2.38. The van der Waals surface area contributed by atoms with Gasteiger partial charge in [0.05, 0.1) is 5.92 Å². The molecule has 1 saturated heterocycles. The summed E-state index contributed by atoms with van der Waals surface area (Å²) < 4.78 is 37.7. The van der Waals surface area contributed by atoms with Gasteiger partial charge in [0.2, 0.25) is 0 Å². The molecule has 0 spiro atoms. The van der Waals surface area contributed by atoms with Crippen molar-refractivity contribution in [3.8, 4) is 0 Å². The molecule has 6 heteroatoms. The minimum atomic E-state index is -4.08. The summed E-state index contributed by atoms with van der Waals surface area (Å²) in [6, 6.07) is 7.02. The third-order valence-corrected chi connectivity index (χ3v) is 3.50. The SMILES string of the molecule is N=C(N)c1ccc(N2CCC(C(F)(F)F)CC2)cc1. The summed E-state index contributed by atoms with van der Waals surface area (Å²) in [4.78, 5) is 1.94. The van der Waals surface area contributed by atoms with Crippen molar-refractivity contribution >= 4 is 11.5 Å². The topological polar surface area (TPSA) is 53.1 Å². The van der Waals surface area contributed by atoms with Crippen LogP contribution in [0.1, 0.15) is 18.4 Å². The van der Waals surface area contributed by atoms with Crippen molar-refractivity contribution in [2.24, 2.45) is 11.7 Å². The Bertz CT molecular complexity index is 445. The first kappa shape index (κ1) is 13.7. The molecule has 0 aromatic heterocycles. The summed E-state index contributed by atoms with van der Waals surface area (Å²) in [7, 11) is 0. The van der Waals surface area contributed by atoms with Crippen LogP contribution in [-0.2, 0) is 0 Å². The molecule has 19 heavy (non-hydrogen) atoms. The number of hydrogen-bond donors (Lipinski definition) is 2. The lowest BCUT2D eigenvalue weighted by Gasteiger charge is -2.34. The maximum atomic E-state index is 12.6. The third kappa shape index (κ3) is 3.19. The zero-order valence-electron chi connectivity index (χ0n) is 10.4. The number of halogens is 3. The quantitative estimate of drug-likeness (QED) is 0.642. The summed E-state index contributed by atoms with van der Waals surface area (Å²) in [5, 5.41) is 7.28. The van der Waals surface area contributed by atoms with Crippen molar-refractivity contribution in [2.45, 2.75) is 19.0 Å². The van der Waals surface area contributed by atoms with Crippen LogP contribution in [0, 0.1) is 11.3 Å². The van der Waals surface area contributed by atoms with Crippen molar-refractivity contribution in [3.63, 3.8) is 0 Å². The Morgan fingerprint density at radius 1 is 1.16 bits per heavy atom. The van der Waals surface area contributed by atoms with Gasteiger partial charge < -0.3 is 10.6 Å². The van der Waals surface area contributed by atoms with Gasteiger partial charge in [-0.1, -0.05) is 0 Å². The zero-order chi connectivity index (χ0) is 14.0. The van der Waals surface area contributed by atoms with E-state index in [1.165, 1.54) is 0 Å². The van der Waals surface area contributed by atoms with E-state index in [1.807, 2.05) is 4.90 Å². The van der Waals surface area contributed by atoms with Crippen LogP contribution in [0.4, 0.5) is 18.9 Å². The summed E-state index contributed by atoms with van der Waals surface area (Å²) >= 11 is 0. The van der Waals surface area contributed by atoms with E-state index in [4.69, 9.17) is 11.1 Å². The van der Waals surface area contributed by atoms with Crippen LogP contribution in [-0.4, -0.2) is 25.1 Å². The highest BCUT2D eigenvalue weighted by Gasteiger charge is 2.41. The molecule has 1 aromatic carbocycles. The Labute approximate surface area is 109 Å². The fourth-order valence-corrected chi connectivity index (χ4v) is 2.32. The number of nitrogens with zero attached hydrogens (tertiary/aromatic N) is 1. The molecule has 2 rings (SSSR count). The van der Waals surface area contributed by atoms with E-state index < -0.39 is 12.1 Å². The molecule has 1 aliphatic rings. The van der Waals surface area contributed by atoms with E-state index in [2.05, 4.69) is 0 Å². The van der Waals surface area contributed by atoms with Crippen LogP contribution in [0.25, 0.3) is 0 Å². The predicted molar refractivity (Wildman–Crippen MR) is 68.5 cm³/mol. The zero-order valence-corrected chi connectivity index (χ0v) is 10.4. The van der Waals surface area contributed by atoms with Gasteiger partial charge in [0.1, 0.15) is 5.84 Å². The first-order valence-electron chi connectivity index (χ1n) is 6.14. The second-order valence-corrected chi connectivity index (χ2v) is 4.76. The van der Waals surface area contributed by atoms with Crippen LogP contribution in [0.3, 0.4) is 0 Å². The number of anilines is 1. The number of nitrogens with one attached hydrogen (secondary N) is 1. The van der Waals surface area contributed by atoms with Crippen molar-refractivity contribution in [1.82, 2.24) is 0 Å². The standard InChI is InChI=1S/C13H16F3N3/c14-13(15,16)10-5-7-19(8-6-10)11-3-1-9(2-4-11)12(17)18/h1-4,10H,5-8H2,(H3,17,18). The van der Waals surface area contributed by atoms with E-state index in [9.17, 15) is 13.2 Å². The third-order valence-electron chi connectivity index (χ3n) is 3.50. The predicted octanol–water partition coefficient (Wildman–Crippen LogP) is 2.75. The Morgan fingerprint density at radius 2 is 1.68 bits per heavy atom. The Kier molecular flexibility index (Phi) is 3.68. The molecule has 3 nitrogen and oxygen atoms in total. The maximum Gasteiger partial charge on any atom is 0.391 e. The van der Waals surface area contributed by atoms with Gasteiger partial charge in [-0.3, -0.25) is 5.41 Å². The molecular formula is C13H16F3N3. The fourth-order valence-electron chi connectivity index (χ4n) is 2.32. The maximum absolute atomic E-state index is 12.6. The minimum absolute atomic E-state index is 0.0117. The average molecular weight is 271 g/mol. The first-order valence-corrected chi connectivity index (χ1v) is 6.14. The molecule has 1 aromatic rings. The molecule has 0 bridgehead atoms. The summed E-state index contributed by atoms with van der Waals surface area (Å²) in [5.74, 6) is -1.19. The van der Waals surface area contributed by atoms with Crippen LogP contribution < -0.4 is 10.6 Å². The molecule has 1 fully saturated rings. The molecule has 0 saturated carbocycles. The Morgan fingerprint density at radius 3 is 2.11 bits per heavy atom. The summed E-state index contributed by atoms with van der Waals surface area (Å²) in [5.41, 5.74) is 6.85. The molecule has 104 valence electrons. The van der Waals surface area contributed by atoms with Crippen LogP contribution >= 0.6 is 0 Å². The van der Waals surface area contributed by atoms with E-state index in [1.54, 1.807) is 24.3 Å². The van der Waals surface area contributed by atoms with Crippen LogP contribution in [0.5, 0.6) is 0 Å². The smallest absolute Gasteiger partial charge is 0.384 e. The molecule has 0 unspecified atom stereocenters. The normalized spacial score (nSPS) is 17.5. The fraction of sp³-hybridized carbons (Fsp3) is 0.462. The number of piperidine rings is 1. The van der Waals surface area contributed by atoms with Gasteiger partial charge in [0.25, 0.3) is 0 Å². The van der Waals surface area contributed by atoms with E-state index in [0.29, 0.717) is 18.7 Å². The van der Waals surface area contributed by atoms with Crippen molar-refractivity contribution < 1.29 is 13.2 Å². The van der Waals surface area contributed by atoms with Gasteiger partial charge in [-0.25, -0.2) is 0 Å². The molecule has 1 aliphatic heterocycles. The van der Waals surface area contributed by atoms with E-state index >= 15 is 0 Å². The second kappa shape index (κ2) is 5.11. The number of hydrogen-bond acceptors (Lipinski definition) is 2. The largest absolute Gasteiger partial charge is 0.391 e. The first-order chi connectivity index (χ1) is 8.88. The van der Waals surface area contributed by atoms with Crippen molar-refractivity contribution in [1.29, 1.82) is 5.41 Å². The lowest BCUT2D eigenvalue weighted by atomic mass is 9.96. The molecule has 0 atom stereocenters. The molecule has 3 N–H and O–H groups in total. The number of nitrogens with two attached hydrogens (primary N) is 1. The lowest BCUT2D eigenvalue weighted by Crippen LogP contribution is -2.39. The minimum Gasteiger partial charge on any atom is -0.384 e.